The maximum atomic E-state index is 12.7. The first-order valence-corrected chi connectivity index (χ1v) is 10.9. The van der Waals surface area contributed by atoms with Gasteiger partial charge in [0.05, 0.1) is 23.2 Å². The molecule has 2 aliphatic heterocycles. The molecule has 1 aromatic rings. The van der Waals surface area contributed by atoms with Crippen LogP contribution in [0.5, 0.6) is 0 Å². The summed E-state index contributed by atoms with van der Waals surface area (Å²) in [5.41, 5.74) is 1.04. The lowest BCUT2D eigenvalue weighted by Crippen LogP contribution is -2.47. The van der Waals surface area contributed by atoms with E-state index in [9.17, 15) is 18.0 Å². The van der Waals surface area contributed by atoms with Gasteiger partial charge >= 0.3 is 5.97 Å². The van der Waals surface area contributed by atoms with Gasteiger partial charge in [-0.05, 0) is 38.3 Å². The third kappa shape index (κ3) is 5.26. The van der Waals surface area contributed by atoms with Crippen molar-refractivity contribution in [3.63, 3.8) is 0 Å². The van der Waals surface area contributed by atoms with Crippen LogP contribution in [0, 0.1) is 6.92 Å². The molecule has 2 saturated heterocycles. The zero-order chi connectivity index (χ0) is 19.4. The summed E-state index contributed by atoms with van der Waals surface area (Å²) in [6.45, 7) is 2.33. The van der Waals surface area contributed by atoms with E-state index in [1.807, 2.05) is 0 Å². The second-order valence-electron chi connectivity index (χ2n) is 7.00. The molecular formula is C18H24N2O6S. The van der Waals surface area contributed by atoms with E-state index in [4.69, 9.17) is 9.47 Å². The highest BCUT2D eigenvalue weighted by Crippen LogP contribution is 2.21. The molecule has 1 aromatic heterocycles. The number of hydrogen-bond donors (Lipinski definition) is 0. The predicted octanol–water partition coefficient (Wildman–Crippen LogP) is 0.742. The van der Waals surface area contributed by atoms with Crippen LogP contribution in [0.25, 0.3) is 0 Å². The van der Waals surface area contributed by atoms with E-state index in [1.165, 1.54) is 11.1 Å². The first kappa shape index (κ1) is 19.8. The quantitative estimate of drug-likeness (QED) is 0.654. The van der Waals surface area contributed by atoms with Crippen LogP contribution in [-0.2, 0) is 24.1 Å². The molecule has 0 aliphatic carbocycles. The van der Waals surface area contributed by atoms with E-state index in [2.05, 4.69) is 4.98 Å². The summed E-state index contributed by atoms with van der Waals surface area (Å²) in [4.78, 5) is 30.3. The van der Waals surface area contributed by atoms with Crippen molar-refractivity contribution in [1.29, 1.82) is 0 Å². The van der Waals surface area contributed by atoms with E-state index < -0.39 is 34.4 Å². The van der Waals surface area contributed by atoms with Crippen molar-refractivity contribution >= 4 is 21.7 Å². The fraction of sp³-hybridized carbons (Fsp3) is 0.611. The van der Waals surface area contributed by atoms with E-state index in [-0.39, 0.29) is 23.2 Å². The van der Waals surface area contributed by atoms with Crippen molar-refractivity contribution in [1.82, 2.24) is 9.88 Å². The fourth-order valence-electron chi connectivity index (χ4n) is 3.37. The van der Waals surface area contributed by atoms with Crippen molar-refractivity contribution in [2.75, 3.05) is 31.3 Å². The Morgan fingerprint density at radius 2 is 2.15 bits per heavy atom. The molecule has 1 amide bonds. The summed E-state index contributed by atoms with van der Waals surface area (Å²) in [6.07, 6.45) is 3.45. The van der Waals surface area contributed by atoms with E-state index >= 15 is 0 Å². The summed E-state index contributed by atoms with van der Waals surface area (Å²) < 4.78 is 34.4. The molecule has 9 heteroatoms. The number of pyridine rings is 1. The van der Waals surface area contributed by atoms with Gasteiger partial charge < -0.3 is 14.4 Å². The number of hydrogen-bond acceptors (Lipinski definition) is 7. The monoisotopic (exact) mass is 396 g/mol. The standard InChI is InChI=1S/C18H24N2O6S/c1-13-4-5-14(9-19-13)18(22)26-11-17(21)20(10-16-3-2-7-25-16)15-6-8-27(23,24)12-15/h4-5,9,15-16H,2-3,6-8,10-12H2,1H3/t15-,16+/m0/s1. The topological polar surface area (TPSA) is 103 Å². The third-order valence-corrected chi connectivity index (χ3v) is 6.62. The number of ether oxygens (including phenoxy) is 2. The number of aromatic nitrogens is 1. The average molecular weight is 396 g/mol. The SMILES string of the molecule is Cc1ccc(C(=O)OCC(=O)N(C[C@H]2CCCO2)[C@H]2CCS(=O)(=O)C2)cn1. The largest absolute Gasteiger partial charge is 0.452 e. The van der Waals surface area contributed by atoms with Gasteiger partial charge in [-0.2, -0.15) is 0 Å². The summed E-state index contributed by atoms with van der Waals surface area (Å²) in [6, 6.07) is 2.88. The highest BCUT2D eigenvalue weighted by atomic mass is 32.2. The molecule has 0 bridgehead atoms. The Balaban J connectivity index is 1.63. The Labute approximate surface area is 158 Å². The molecule has 3 rings (SSSR count). The van der Waals surface area contributed by atoms with Gasteiger partial charge in [0, 0.05) is 31.1 Å². The number of esters is 1. The minimum atomic E-state index is -3.14. The van der Waals surface area contributed by atoms with E-state index in [0.717, 1.165) is 18.5 Å². The molecule has 2 atom stereocenters. The minimum Gasteiger partial charge on any atom is -0.452 e. The number of nitrogens with zero attached hydrogens (tertiary/aromatic N) is 2. The molecule has 0 saturated carbocycles. The third-order valence-electron chi connectivity index (χ3n) is 4.87. The average Bonchev–Trinajstić information content (AvgIpc) is 3.27. The lowest BCUT2D eigenvalue weighted by atomic mass is 10.1. The van der Waals surface area contributed by atoms with Crippen LogP contribution in [0.1, 0.15) is 35.3 Å². The lowest BCUT2D eigenvalue weighted by molar-refractivity contribution is -0.138. The van der Waals surface area contributed by atoms with Crippen LogP contribution >= 0.6 is 0 Å². The zero-order valence-corrected chi connectivity index (χ0v) is 16.1. The van der Waals surface area contributed by atoms with Crippen molar-refractivity contribution in [3.05, 3.63) is 29.6 Å². The molecule has 0 radical (unpaired) electrons. The second kappa shape index (κ2) is 8.35. The summed E-state index contributed by atoms with van der Waals surface area (Å²) in [5, 5.41) is 0. The van der Waals surface area contributed by atoms with Gasteiger partial charge in [0.1, 0.15) is 0 Å². The number of carbonyl (C=O) groups is 2. The summed E-state index contributed by atoms with van der Waals surface area (Å²) >= 11 is 0. The summed E-state index contributed by atoms with van der Waals surface area (Å²) in [7, 11) is -3.14. The molecular weight excluding hydrogens is 372 g/mol. The highest BCUT2D eigenvalue weighted by Gasteiger charge is 2.36. The van der Waals surface area contributed by atoms with Crippen molar-refractivity contribution in [3.8, 4) is 0 Å². The fourth-order valence-corrected chi connectivity index (χ4v) is 5.10. The van der Waals surface area contributed by atoms with E-state index in [0.29, 0.717) is 19.6 Å². The van der Waals surface area contributed by atoms with Gasteiger partial charge in [0.15, 0.2) is 16.4 Å². The smallest absolute Gasteiger partial charge is 0.340 e. The van der Waals surface area contributed by atoms with E-state index in [1.54, 1.807) is 19.1 Å². The Kier molecular flexibility index (Phi) is 6.11. The van der Waals surface area contributed by atoms with Gasteiger partial charge in [0.25, 0.3) is 5.91 Å². The Bertz CT molecular complexity index is 787. The van der Waals surface area contributed by atoms with Crippen LogP contribution < -0.4 is 0 Å². The molecule has 0 unspecified atom stereocenters. The van der Waals surface area contributed by atoms with Gasteiger partial charge in [-0.1, -0.05) is 0 Å². The molecule has 0 spiro atoms. The molecule has 0 aromatic carbocycles. The minimum absolute atomic E-state index is 0.0543. The zero-order valence-electron chi connectivity index (χ0n) is 15.3. The first-order chi connectivity index (χ1) is 12.8. The molecule has 27 heavy (non-hydrogen) atoms. The van der Waals surface area contributed by atoms with Crippen LogP contribution in [0.4, 0.5) is 0 Å². The van der Waals surface area contributed by atoms with Crippen LogP contribution in [0.2, 0.25) is 0 Å². The maximum Gasteiger partial charge on any atom is 0.340 e. The van der Waals surface area contributed by atoms with Crippen molar-refractivity contribution in [2.24, 2.45) is 0 Å². The van der Waals surface area contributed by atoms with Crippen LogP contribution in [0.15, 0.2) is 18.3 Å². The number of aryl methyl sites for hydroxylation is 1. The molecule has 3 heterocycles. The highest BCUT2D eigenvalue weighted by molar-refractivity contribution is 7.91. The Morgan fingerprint density at radius 1 is 1.33 bits per heavy atom. The molecule has 8 nitrogen and oxygen atoms in total. The van der Waals surface area contributed by atoms with Crippen LogP contribution in [0.3, 0.4) is 0 Å². The Hall–Kier alpha value is -2.00. The lowest BCUT2D eigenvalue weighted by Gasteiger charge is -2.30. The van der Waals surface area contributed by atoms with Gasteiger partial charge in [0.2, 0.25) is 0 Å². The number of amides is 1. The number of carbonyl (C=O) groups excluding carboxylic acids is 2. The Morgan fingerprint density at radius 3 is 2.74 bits per heavy atom. The molecule has 2 aliphatic rings. The van der Waals surface area contributed by atoms with Gasteiger partial charge in [-0.25, -0.2) is 13.2 Å². The number of sulfone groups is 1. The van der Waals surface area contributed by atoms with Gasteiger partial charge in [-0.3, -0.25) is 9.78 Å². The summed E-state index contributed by atoms with van der Waals surface area (Å²) in [5.74, 6) is -1.02. The molecule has 0 N–H and O–H groups in total. The van der Waals surface area contributed by atoms with Crippen molar-refractivity contribution in [2.45, 2.75) is 38.3 Å². The van der Waals surface area contributed by atoms with Gasteiger partial charge in [-0.15, -0.1) is 0 Å². The molecule has 148 valence electrons. The second-order valence-corrected chi connectivity index (χ2v) is 9.23. The van der Waals surface area contributed by atoms with Crippen molar-refractivity contribution < 1.29 is 27.5 Å². The predicted molar refractivity (Wildman–Crippen MR) is 97.0 cm³/mol. The maximum absolute atomic E-state index is 12.7. The normalized spacial score (nSPS) is 23.9. The van der Waals surface area contributed by atoms with Crippen LogP contribution in [-0.4, -0.2) is 73.6 Å². The molecule has 2 fully saturated rings. The number of rotatable bonds is 6. The first-order valence-electron chi connectivity index (χ1n) is 9.05.